The van der Waals surface area contributed by atoms with Crippen LogP contribution in [0.1, 0.15) is 36.1 Å². The number of hydrogen-bond donors (Lipinski definition) is 0. The summed E-state index contributed by atoms with van der Waals surface area (Å²) >= 11 is 0. The van der Waals surface area contributed by atoms with E-state index in [2.05, 4.69) is 4.98 Å². The molecular weight excluding hydrogens is 461 g/mol. The molecule has 0 N–H and O–H groups in total. The van der Waals surface area contributed by atoms with Crippen molar-refractivity contribution in [3.05, 3.63) is 89.2 Å². The molecule has 35 heavy (non-hydrogen) atoms. The first-order valence-electron chi connectivity index (χ1n) is 10.9. The Morgan fingerprint density at radius 2 is 1.71 bits per heavy atom. The summed E-state index contributed by atoms with van der Waals surface area (Å²) in [6, 6.07) is 13.8. The maximum atomic E-state index is 13.4. The zero-order chi connectivity index (χ0) is 25.4. The standard InChI is InChI=1S/C26H25F3N2O4/c1-3-34-25(33)12-20-11-23(15-30-14-20)35-24-10-9-22(26(27,28)29)13-21(24)17-31(18(2)32)16-19-7-5-4-6-8-19/h4-11,13-15H,3,12,16-17H2,1-2H3. The molecule has 1 amide bonds. The molecule has 0 aliphatic rings. The highest BCUT2D eigenvalue weighted by molar-refractivity contribution is 5.73. The fourth-order valence-electron chi connectivity index (χ4n) is 3.39. The second-order valence-corrected chi connectivity index (χ2v) is 7.79. The molecule has 0 spiro atoms. The van der Waals surface area contributed by atoms with Crippen LogP contribution in [0.4, 0.5) is 13.2 Å². The van der Waals surface area contributed by atoms with E-state index in [-0.39, 0.29) is 49.1 Å². The molecule has 9 heteroatoms. The van der Waals surface area contributed by atoms with Gasteiger partial charge in [-0.25, -0.2) is 0 Å². The molecule has 1 aromatic heterocycles. The van der Waals surface area contributed by atoms with E-state index in [1.54, 1.807) is 13.0 Å². The van der Waals surface area contributed by atoms with E-state index in [4.69, 9.17) is 9.47 Å². The van der Waals surface area contributed by atoms with Crippen LogP contribution in [0.15, 0.2) is 67.0 Å². The predicted octanol–water partition coefficient (Wildman–Crippen LogP) is 5.55. The molecule has 0 unspecified atom stereocenters. The number of carbonyl (C=O) groups is 2. The van der Waals surface area contributed by atoms with Gasteiger partial charge < -0.3 is 14.4 Å². The second kappa shape index (κ2) is 11.5. The van der Waals surface area contributed by atoms with Gasteiger partial charge in [-0.15, -0.1) is 0 Å². The molecule has 3 rings (SSSR count). The van der Waals surface area contributed by atoms with Gasteiger partial charge in [0.15, 0.2) is 0 Å². The van der Waals surface area contributed by atoms with Gasteiger partial charge in [-0.1, -0.05) is 30.3 Å². The van der Waals surface area contributed by atoms with E-state index in [1.807, 2.05) is 30.3 Å². The highest BCUT2D eigenvalue weighted by Gasteiger charge is 2.31. The Morgan fingerprint density at radius 3 is 2.37 bits per heavy atom. The second-order valence-electron chi connectivity index (χ2n) is 7.79. The van der Waals surface area contributed by atoms with E-state index < -0.39 is 17.7 Å². The Kier molecular flexibility index (Phi) is 8.46. The number of hydrogen-bond acceptors (Lipinski definition) is 5. The van der Waals surface area contributed by atoms with Crippen LogP contribution in [0.3, 0.4) is 0 Å². The van der Waals surface area contributed by atoms with E-state index in [1.165, 1.54) is 30.3 Å². The third-order valence-electron chi connectivity index (χ3n) is 5.06. The smallest absolute Gasteiger partial charge is 0.416 e. The average Bonchev–Trinajstić information content (AvgIpc) is 2.80. The van der Waals surface area contributed by atoms with Gasteiger partial charge in [-0.3, -0.25) is 14.6 Å². The van der Waals surface area contributed by atoms with Crippen LogP contribution < -0.4 is 4.74 Å². The average molecular weight is 486 g/mol. The highest BCUT2D eigenvalue weighted by atomic mass is 19.4. The first-order chi connectivity index (χ1) is 16.7. The number of benzene rings is 2. The van der Waals surface area contributed by atoms with Crippen molar-refractivity contribution in [1.82, 2.24) is 9.88 Å². The zero-order valence-corrected chi connectivity index (χ0v) is 19.3. The summed E-state index contributed by atoms with van der Waals surface area (Å²) in [4.78, 5) is 29.6. The lowest BCUT2D eigenvalue weighted by Crippen LogP contribution is -2.28. The first-order valence-corrected chi connectivity index (χ1v) is 10.9. The van der Waals surface area contributed by atoms with Crippen molar-refractivity contribution in [3.8, 4) is 11.5 Å². The van der Waals surface area contributed by atoms with Gasteiger partial charge in [0.2, 0.25) is 5.91 Å². The monoisotopic (exact) mass is 486 g/mol. The first kappa shape index (κ1) is 25.7. The Morgan fingerprint density at radius 1 is 0.971 bits per heavy atom. The van der Waals surface area contributed by atoms with Crippen LogP contribution in [0, 0.1) is 0 Å². The van der Waals surface area contributed by atoms with Gasteiger partial charge in [0.1, 0.15) is 11.5 Å². The molecule has 184 valence electrons. The van der Waals surface area contributed by atoms with Gasteiger partial charge >= 0.3 is 12.1 Å². The van der Waals surface area contributed by atoms with Crippen molar-refractivity contribution in [2.45, 2.75) is 39.5 Å². The number of alkyl halides is 3. The van der Waals surface area contributed by atoms with Crippen molar-refractivity contribution in [2.24, 2.45) is 0 Å². The minimum absolute atomic E-state index is 0.0207. The van der Waals surface area contributed by atoms with Crippen LogP contribution >= 0.6 is 0 Å². The number of pyridine rings is 1. The molecule has 1 heterocycles. The van der Waals surface area contributed by atoms with Crippen LogP contribution in [-0.4, -0.2) is 28.4 Å². The van der Waals surface area contributed by atoms with E-state index in [0.717, 1.165) is 17.7 Å². The van der Waals surface area contributed by atoms with Crippen LogP contribution in [-0.2, 0) is 40.0 Å². The Hall–Kier alpha value is -3.88. The quantitative estimate of drug-likeness (QED) is 0.371. The van der Waals surface area contributed by atoms with Crippen LogP contribution in [0.2, 0.25) is 0 Å². The lowest BCUT2D eigenvalue weighted by Gasteiger charge is -2.23. The third kappa shape index (κ3) is 7.56. The normalized spacial score (nSPS) is 11.1. The molecule has 0 fully saturated rings. The third-order valence-corrected chi connectivity index (χ3v) is 5.06. The number of carbonyl (C=O) groups excluding carboxylic acids is 2. The number of rotatable bonds is 9. The fraction of sp³-hybridized carbons (Fsp3) is 0.269. The Bertz CT molecular complexity index is 1170. The SMILES string of the molecule is CCOC(=O)Cc1cncc(Oc2ccc(C(F)(F)F)cc2CN(Cc2ccccc2)C(C)=O)c1. The number of esters is 1. The zero-order valence-electron chi connectivity index (χ0n) is 19.3. The Balaban J connectivity index is 1.90. The maximum absolute atomic E-state index is 13.4. The number of aromatic nitrogens is 1. The van der Waals surface area contributed by atoms with Crippen LogP contribution in [0.5, 0.6) is 11.5 Å². The summed E-state index contributed by atoms with van der Waals surface area (Å²) in [5.74, 6) is -0.340. The van der Waals surface area contributed by atoms with E-state index in [0.29, 0.717) is 5.56 Å². The van der Waals surface area contributed by atoms with Crippen LogP contribution in [0.25, 0.3) is 0 Å². The lowest BCUT2D eigenvalue weighted by molar-refractivity contribution is -0.142. The summed E-state index contributed by atoms with van der Waals surface area (Å²) in [5, 5.41) is 0. The van der Waals surface area contributed by atoms with Gasteiger partial charge in [-0.2, -0.15) is 13.2 Å². The van der Waals surface area contributed by atoms with Gasteiger partial charge in [0.05, 0.1) is 24.8 Å². The largest absolute Gasteiger partial charge is 0.466 e. The molecule has 0 bridgehead atoms. The van der Waals surface area contributed by atoms with Gasteiger partial charge in [0.25, 0.3) is 0 Å². The minimum atomic E-state index is -4.56. The van der Waals surface area contributed by atoms with Crippen molar-refractivity contribution >= 4 is 11.9 Å². The molecular formula is C26H25F3N2O4. The molecule has 0 saturated heterocycles. The molecule has 3 aromatic rings. The minimum Gasteiger partial charge on any atom is -0.466 e. The number of halogens is 3. The summed E-state index contributed by atoms with van der Waals surface area (Å²) in [5.41, 5.74) is 0.705. The lowest BCUT2D eigenvalue weighted by atomic mass is 10.1. The molecule has 0 saturated carbocycles. The fourth-order valence-corrected chi connectivity index (χ4v) is 3.39. The van der Waals surface area contributed by atoms with Crippen molar-refractivity contribution < 1.29 is 32.2 Å². The van der Waals surface area contributed by atoms with Gasteiger partial charge in [0, 0.05) is 31.8 Å². The number of amides is 1. The molecule has 0 aliphatic heterocycles. The number of ether oxygens (including phenoxy) is 2. The van der Waals surface area contributed by atoms with E-state index in [9.17, 15) is 22.8 Å². The molecule has 2 aromatic carbocycles. The van der Waals surface area contributed by atoms with Crippen molar-refractivity contribution in [1.29, 1.82) is 0 Å². The highest BCUT2D eigenvalue weighted by Crippen LogP contribution is 2.35. The van der Waals surface area contributed by atoms with Crippen molar-refractivity contribution in [3.63, 3.8) is 0 Å². The summed E-state index contributed by atoms with van der Waals surface area (Å²) in [6.07, 6.45) is -1.71. The van der Waals surface area contributed by atoms with E-state index >= 15 is 0 Å². The van der Waals surface area contributed by atoms with Gasteiger partial charge in [-0.05, 0) is 42.3 Å². The summed E-state index contributed by atoms with van der Waals surface area (Å²) < 4.78 is 51.1. The predicted molar refractivity (Wildman–Crippen MR) is 122 cm³/mol. The topological polar surface area (TPSA) is 68.7 Å². The summed E-state index contributed by atoms with van der Waals surface area (Å²) in [7, 11) is 0. The molecule has 0 aliphatic carbocycles. The summed E-state index contributed by atoms with van der Waals surface area (Å²) in [6.45, 7) is 3.43. The molecule has 0 atom stereocenters. The Labute approximate surface area is 201 Å². The van der Waals surface area contributed by atoms with Crippen molar-refractivity contribution in [2.75, 3.05) is 6.61 Å². The number of nitrogens with zero attached hydrogens (tertiary/aromatic N) is 2. The molecule has 0 radical (unpaired) electrons. The maximum Gasteiger partial charge on any atom is 0.416 e. The molecule has 6 nitrogen and oxygen atoms in total.